The van der Waals surface area contributed by atoms with E-state index in [1.54, 1.807) is 7.11 Å². The Bertz CT molecular complexity index is 497. The van der Waals surface area contributed by atoms with E-state index in [0.29, 0.717) is 5.01 Å². The summed E-state index contributed by atoms with van der Waals surface area (Å²) in [5.74, 6) is 0.793. The molecule has 0 bridgehead atoms. The number of nitrogens with zero attached hydrogens (tertiary/aromatic N) is 1. The lowest BCUT2D eigenvalue weighted by Gasteiger charge is -1.96. The van der Waals surface area contributed by atoms with Gasteiger partial charge in [-0.25, -0.2) is 4.98 Å². The highest BCUT2D eigenvalue weighted by molar-refractivity contribution is 7.20. The molecule has 15 heavy (non-hydrogen) atoms. The zero-order valence-corrected chi connectivity index (χ0v) is 9.61. The molecule has 0 spiro atoms. The van der Waals surface area contributed by atoms with Gasteiger partial charge in [0.05, 0.1) is 17.3 Å². The van der Waals surface area contributed by atoms with E-state index in [2.05, 4.69) is 4.98 Å². The average molecular weight is 244 g/mol. The maximum atomic E-state index is 7.26. The van der Waals surface area contributed by atoms with Crippen LogP contribution in [0, 0.1) is 5.41 Å². The monoisotopic (exact) mass is 243 g/mol. The van der Waals surface area contributed by atoms with Gasteiger partial charge < -0.3 is 10.5 Å². The number of amidine groups is 1. The predicted octanol–water partition coefficient (Wildman–Crippen LogP) is 2.01. The van der Waals surface area contributed by atoms with Crippen LogP contribution in [-0.2, 0) is 0 Å². The molecule has 0 radical (unpaired) electrons. The number of thiazole rings is 1. The Balaban J connectivity index is 0.00000112. The molecule has 0 atom stereocenters. The standard InChI is InChI=1S/C9H9N3OS.ClH/c1-13-5-2-3-6-7(4-5)14-9(12-6)8(10)11;/h2-4H,1H3,(H3,10,11);1H. The van der Waals surface area contributed by atoms with Gasteiger partial charge in [-0.1, -0.05) is 0 Å². The fourth-order valence-corrected chi connectivity index (χ4v) is 2.00. The fraction of sp³-hybridized carbons (Fsp3) is 0.111. The van der Waals surface area contributed by atoms with Gasteiger partial charge in [0.25, 0.3) is 0 Å². The third kappa shape index (κ3) is 2.19. The predicted molar refractivity (Wildman–Crippen MR) is 64.4 cm³/mol. The van der Waals surface area contributed by atoms with E-state index >= 15 is 0 Å². The molecular formula is C9H10ClN3OS. The lowest BCUT2D eigenvalue weighted by atomic mass is 10.3. The summed E-state index contributed by atoms with van der Waals surface area (Å²) >= 11 is 1.39. The third-order valence-corrected chi connectivity index (χ3v) is 2.88. The van der Waals surface area contributed by atoms with Crippen molar-refractivity contribution in [1.82, 2.24) is 4.98 Å². The number of nitrogens with one attached hydrogen (secondary N) is 1. The maximum absolute atomic E-state index is 7.26. The second kappa shape index (κ2) is 4.46. The maximum Gasteiger partial charge on any atom is 0.159 e. The van der Waals surface area contributed by atoms with E-state index in [-0.39, 0.29) is 18.2 Å². The molecule has 4 nitrogen and oxygen atoms in total. The highest BCUT2D eigenvalue weighted by atomic mass is 35.5. The molecule has 0 amide bonds. The quantitative estimate of drug-likeness (QED) is 0.626. The summed E-state index contributed by atoms with van der Waals surface area (Å²) in [6, 6.07) is 5.59. The SMILES string of the molecule is COc1ccc2nc(C(=N)N)sc2c1.Cl. The van der Waals surface area contributed by atoms with Crippen molar-refractivity contribution in [2.45, 2.75) is 0 Å². The lowest BCUT2D eigenvalue weighted by molar-refractivity contribution is 0.415. The minimum absolute atomic E-state index is 0. The van der Waals surface area contributed by atoms with Crippen molar-refractivity contribution in [1.29, 1.82) is 5.41 Å². The summed E-state index contributed by atoms with van der Waals surface area (Å²) in [6.45, 7) is 0. The Morgan fingerprint density at radius 3 is 2.87 bits per heavy atom. The molecule has 0 aliphatic carbocycles. The molecule has 0 saturated carbocycles. The van der Waals surface area contributed by atoms with E-state index in [0.717, 1.165) is 16.0 Å². The van der Waals surface area contributed by atoms with E-state index in [1.165, 1.54) is 11.3 Å². The van der Waals surface area contributed by atoms with Gasteiger partial charge in [-0.05, 0) is 18.2 Å². The van der Waals surface area contributed by atoms with Gasteiger partial charge in [0.1, 0.15) is 5.75 Å². The largest absolute Gasteiger partial charge is 0.497 e. The molecule has 6 heteroatoms. The fourth-order valence-electron chi connectivity index (χ4n) is 1.15. The minimum atomic E-state index is 0. The third-order valence-electron chi connectivity index (χ3n) is 1.83. The molecule has 0 saturated heterocycles. The van der Waals surface area contributed by atoms with E-state index in [9.17, 15) is 0 Å². The van der Waals surface area contributed by atoms with Crippen LogP contribution in [0.25, 0.3) is 10.2 Å². The number of halogens is 1. The second-order valence-corrected chi connectivity index (χ2v) is 3.80. The first-order valence-electron chi connectivity index (χ1n) is 3.99. The first-order valence-corrected chi connectivity index (χ1v) is 4.81. The highest BCUT2D eigenvalue weighted by Crippen LogP contribution is 2.25. The van der Waals surface area contributed by atoms with E-state index in [1.807, 2.05) is 18.2 Å². The first kappa shape index (κ1) is 11.7. The Labute approximate surface area is 97.0 Å². The van der Waals surface area contributed by atoms with Gasteiger partial charge in [-0.2, -0.15) is 0 Å². The molecule has 80 valence electrons. The molecule has 3 N–H and O–H groups in total. The van der Waals surface area contributed by atoms with Crippen LogP contribution in [0.4, 0.5) is 0 Å². The molecule has 2 rings (SSSR count). The number of nitrogens with two attached hydrogens (primary N) is 1. The smallest absolute Gasteiger partial charge is 0.159 e. The summed E-state index contributed by atoms with van der Waals surface area (Å²) in [5.41, 5.74) is 6.20. The van der Waals surface area contributed by atoms with Crippen molar-refractivity contribution in [3.63, 3.8) is 0 Å². The molecule has 1 aromatic heterocycles. The van der Waals surface area contributed by atoms with Crippen LogP contribution in [0.2, 0.25) is 0 Å². The molecule has 1 aromatic carbocycles. The molecule has 1 heterocycles. The van der Waals surface area contributed by atoms with Gasteiger partial charge in [0.2, 0.25) is 0 Å². The normalized spacial score (nSPS) is 9.67. The molecule has 0 fully saturated rings. The van der Waals surface area contributed by atoms with Crippen LogP contribution >= 0.6 is 23.7 Å². The van der Waals surface area contributed by atoms with Crippen molar-refractivity contribution in [3.05, 3.63) is 23.2 Å². The summed E-state index contributed by atoms with van der Waals surface area (Å²) in [6.07, 6.45) is 0. The number of hydrogen-bond donors (Lipinski definition) is 2. The molecule has 0 unspecified atom stereocenters. The van der Waals surface area contributed by atoms with E-state index in [4.69, 9.17) is 15.9 Å². The van der Waals surface area contributed by atoms with Crippen LogP contribution in [0.15, 0.2) is 18.2 Å². The molecule has 2 aromatic rings. The van der Waals surface area contributed by atoms with Gasteiger partial charge >= 0.3 is 0 Å². The Hall–Kier alpha value is -1.33. The molecule has 0 aliphatic heterocycles. The number of ether oxygens (including phenoxy) is 1. The molecule has 0 aliphatic rings. The minimum Gasteiger partial charge on any atom is -0.497 e. The van der Waals surface area contributed by atoms with Gasteiger partial charge in [-0.15, -0.1) is 23.7 Å². The van der Waals surface area contributed by atoms with Gasteiger partial charge in [-0.3, -0.25) is 5.41 Å². The molecular weight excluding hydrogens is 234 g/mol. The number of aromatic nitrogens is 1. The summed E-state index contributed by atoms with van der Waals surface area (Å²) in [5, 5.41) is 7.81. The highest BCUT2D eigenvalue weighted by Gasteiger charge is 2.06. The zero-order valence-electron chi connectivity index (χ0n) is 7.98. The van der Waals surface area contributed by atoms with E-state index < -0.39 is 0 Å². The Morgan fingerprint density at radius 2 is 2.27 bits per heavy atom. The summed E-state index contributed by atoms with van der Waals surface area (Å²) < 4.78 is 6.07. The Morgan fingerprint density at radius 1 is 1.53 bits per heavy atom. The first-order chi connectivity index (χ1) is 6.70. The average Bonchev–Trinajstić information content (AvgIpc) is 2.59. The lowest BCUT2D eigenvalue weighted by Crippen LogP contribution is -2.09. The van der Waals surface area contributed by atoms with Crippen molar-refractivity contribution in [2.24, 2.45) is 5.73 Å². The van der Waals surface area contributed by atoms with Gasteiger partial charge in [0, 0.05) is 0 Å². The number of benzene rings is 1. The van der Waals surface area contributed by atoms with Crippen LogP contribution in [0.5, 0.6) is 5.75 Å². The van der Waals surface area contributed by atoms with Crippen molar-refractivity contribution in [3.8, 4) is 5.75 Å². The van der Waals surface area contributed by atoms with Gasteiger partial charge in [0.15, 0.2) is 10.8 Å². The number of hydrogen-bond acceptors (Lipinski definition) is 4. The number of rotatable bonds is 2. The van der Waals surface area contributed by atoms with Crippen LogP contribution < -0.4 is 10.5 Å². The van der Waals surface area contributed by atoms with Crippen LogP contribution in [-0.4, -0.2) is 17.9 Å². The van der Waals surface area contributed by atoms with Crippen LogP contribution in [0.3, 0.4) is 0 Å². The van der Waals surface area contributed by atoms with Crippen molar-refractivity contribution in [2.75, 3.05) is 7.11 Å². The van der Waals surface area contributed by atoms with Crippen LogP contribution in [0.1, 0.15) is 5.01 Å². The second-order valence-electron chi connectivity index (χ2n) is 2.77. The Kier molecular flexibility index (Phi) is 3.49. The number of fused-ring (bicyclic) bond motifs is 1. The zero-order chi connectivity index (χ0) is 10.1. The topological polar surface area (TPSA) is 72.0 Å². The number of nitrogen functional groups attached to an aromatic ring is 1. The summed E-state index contributed by atoms with van der Waals surface area (Å²) in [7, 11) is 1.62. The number of methoxy groups -OCH3 is 1. The van der Waals surface area contributed by atoms with Crippen molar-refractivity contribution < 1.29 is 4.74 Å². The van der Waals surface area contributed by atoms with Crippen molar-refractivity contribution >= 4 is 39.8 Å². The summed E-state index contributed by atoms with van der Waals surface area (Å²) in [4.78, 5) is 4.20.